The molecule has 1 saturated carbocycles. The van der Waals surface area contributed by atoms with Gasteiger partial charge in [-0.3, -0.25) is 0 Å². The van der Waals surface area contributed by atoms with E-state index in [1.165, 1.54) is 31.2 Å². The summed E-state index contributed by atoms with van der Waals surface area (Å²) in [7, 11) is 0. The number of rotatable bonds is 7. The Balaban J connectivity index is 1.73. The van der Waals surface area contributed by atoms with Crippen LogP contribution in [0.25, 0.3) is 0 Å². The number of hydrogen-bond acceptors (Lipinski definition) is 3. The van der Waals surface area contributed by atoms with Gasteiger partial charge in [-0.2, -0.15) is 0 Å². The molecular weight excluding hydrogens is 238 g/mol. The molecule has 2 rings (SSSR count). The summed E-state index contributed by atoms with van der Waals surface area (Å²) < 4.78 is 5.48. The van der Waals surface area contributed by atoms with E-state index in [1.807, 2.05) is 19.1 Å². The predicted octanol–water partition coefficient (Wildman–Crippen LogP) is 2.73. The topological polar surface area (TPSA) is 41.5 Å². The van der Waals surface area contributed by atoms with Crippen LogP contribution >= 0.6 is 0 Å². The third-order valence-electron chi connectivity index (χ3n) is 3.84. The molecular formula is C16H25NO2. The summed E-state index contributed by atoms with van der Waals surface area (Å²) in [5.74, 6) is 1.42. The van der Waals surface area contributed by atoms with Crippen molar-refractivity contribution in [3.05, 3.63) is 29.8 Å². The standard InChI is InChI=1S/C16H25NO2/c1-2-19-15-9-5-6-13(10-15)11-17-12-16(18)14-7-3-4-8-14/h5-6,9-10,14,16-18H,2-4,7-8,11-12H2,1H3. The maximum Gasteiger partial charge on any atom is 0.119 e. The molecule has 1 aromatic carbocycles. The van der Waals surface area contributed by atoms with Gasteiger partial charge in [-0.15, -0.1) is 0 Å². The van der Waals surface area contributed by atoms with Crippen LogP contribution in [0.3, 0.4) is 0 Å². The van der Waals surface area contributed by atoms with E-state index in [4.69, 9.17) is 4.74 Å². The van der Waals surface area contributed by atoms with Gasteiger partial charge in [0.2, 0.25) is 0 Å². The molecule has 0 heterocycles. The summed E-state index contributed by atoms with van der Waals surface area (Å²) in [4.78, 5) is 0. The van der Waals surface area contributed by atoms with Crippen molar-refractivity contribution in [2.75, 3.05) is 13.2 Å². The SMILES string of the molecule is CCOc1cccc(CNCC(O)C2CCCC2)c1. The van der Waals surface area contributed by atoms with Crippen LogP contribution in [0.2, 0.25) is 0 Å². The van der Waals surface area contributed by atoms with E-state index in [0.717, 1.165) is 12.3 Å². The van der Waals surface area contributed by atoms with Gasteiger partial charge in [0, 0.05) is 13.1 Å². The quantitative estimate of drug-likeness (QED) is 0.795. The van der Waals surface area contributed by atoms with E-state index in [1.54, 1.807) is 0 Å². The fourth-order valence-electron chi connectivity index (χ4n) is 2.79. The molecule has 0 radical (unpaired) electrons. The van der Waals surface area contributed by atoms with Crippen LogP contribution < -0.4 is 10.1 Å². The Morgan fingerprint density at radius 3 is 2.89 bits per heavy atom. The largest absolute Gasteiger partial charge is 0.494 e. The first-order valence-electron chi connectivity index (χ1n) is 7.40. The number of aliphatic hydroxyl groups excluding tert-OH is 1. The second-order valence-corrected chi connectivity index (χ2v) is 5.32. The van der Waals surface area contributed by atoms with Gasteiger partial charge < -0.3 is 15.2 Å². The molecule has 3 nitrogen and oxygen atoms in total. The highest BCUT2D eigenvalue weighted by Gasteiger charge is 2.22. The molecule has 1 aliphatic rings. The predicted molar refractivity (Wildman–Crippen MR) is 77.3 cm³/mol. The summed E-state index contributed by atoms with van der Waals surface area (Å²) >= 11 is 0. The highest BCUT2D eigenvalue weighted by molar-refractivity contribution is 5.28. The first kappa shape index (κ1) is 14.4. The van der Waals surface area contributed by atoms with Crippen molar-refractivity contribution >= 4 is 0 Å². The Kier molecular flexibility index (Phi) is 5.67. The monoisotopic (exact) mass is 263 g/mol. The van der Waals surface area contributed by atoms with E-state index in [0.29, 0.717) is 19.1 Å². The molecule has 0 aromatic heterocycles. The first-order chi connectivity index (χ1) is 9.29. The van der Waals surface area contributed by atoms with Crippen LogP contribution in [0.4, 0.5) is 0 Å². The van der Waals surface area contributed by atoms with Gasteiger partial charge in [-0.1, -0.05) is 25.0 Å². The Labute approximate surface area is 116 Å². The highest BCUT2D eigenvalue weighted by atomic mass is 16.5. The van der Waals surface area contributed by atoms with E-state index < -0.39 is 0 Å². The Morgan fingerprint density at radius 1 is 1.37 bits per heavy atom. The molecule has 1 aromatic rings. The number of nitrogens with one attached hydrogen (secondary N) is 1. The zero-order valence-electron chi connectivity index (χ0n) is 11.8. The lowest BCUT2D eigenvalue weighted by Crippen LogP contribution is -2.31. The average Bonchev–Trinajstić information content (AvgIpc) is 2.93. The van der Waals surface area contributed by atoms with Crippen molar-refractivity contribution in [3.63, 3.8) is 0 Å². The lowest BCUT2D eigenvalue weighted by Gasteiger charge is -2.18. The summed E-state index contributed by atoms with van der Waals surface area (Å²) in [5.41, 5.74) is 1.20. The molecule has 3 heteroatoms. The lowest BCUT2D eigenvalue weighted by atomic mass is 10.0. The minimum absolute atomic E-state index is 0.197. The second-order valence-electron chi connectivity index (χ2n) is 5.32. The number of aliphatic hydroxyl groups is 1. The van der Waals surface area contributed by atoms with Crippen LogP contribution in [0, 0.1) is 5.92 Å². The Morgan fingerprint density at radius 2 is 2.16 bits per heavy atom. The molecule has 19 heavy (non-hydrogen) atoms. The second kappa shape index (κ2) is 7.51. The van der Waals surface area contributed by atoms with Crippen molar-refractivity contribution in [1.82, 2.24) is 5.32 Å². The van der Waals surface area contributed by atoms with Crippen LogP contribution in [-0.2, 0) is 6.54 Å². The Bertz CT molecular complexity index is 375. The van der Waals surface area contributed by atoms with E-state index in [-0.39, 0.29) is 6.10 Å². The summed E-state index contributed by atoms with van der Waals surface area (Å²) in [6.07, 6.45) is 4.72. The maximum absolute atomic E-state index is 10.1. The third kappa shape index (κ3) is 4.51. The van der Waals surface area contributed by atoms with Gasteiger partial charge in [0.1, 0.15) is 5.75 Å². The number of ether oxygens (including phenoxy) is 1. The Hall–Kier alpha value is -1.06. The van der Waals surface area contributed by atoms with Gasteiger partial charge in [0.05, 0.1) is 12.7 Å². The summed E-state index contributed by atoms with van der Waals surface area (Å²) in [5, 5.41) is 13.4. The van der Waals surface area contributed by atoms with Crippen molar-refractivity contribution < 1.29 is 9.84 Å². The van der Waals surface area contributed by atoms with Crippen molar-refractivity contribution in [2.45, 2.75) is 45.3 Å². The molecule has 0 aliphatic heterocycles. The van der Waals surface area contributed by atoms with Gasteiger partial charge >= 0.3 is 0 Å². The highest BCUT2D eigenvalue weighted by Crippen LogP contribution is 2.27. The zero-order chi connectivity index (χ0) is 13.5. The van der Waals surface area contributed by atoms with E-state index in [9.17, 15) is 5.11 Å². The number of hydrogen-bond donors (Lipinski definition) is 2. The third-order valence-corrected chi connectivity index (χ3v) is 3.84. The molecule has 2 N–H and O–H groups in total. The van der Waals surface area contributed by atoms with Crippen molar-refractivity contribution in [3.8, 4) is 5.75 Å². The molecule has 1 atom stereocenters. The van der Waals surface area contributed by atoms with E-state index >= 15 is 0 Å². The van der Waals surface area contributed by atoms with Gasteiger partial charge in [-0.05, 0) is 43.4 Å². The number of benzene rings is 1. The van der Waals surface area contributed by atoms with Crippen LogP contribution in [0.15, 0.2) is 24.3 Å². The van der Waals surface area contributed by atoms with Gasteiger partial charge in [-0.25, -0.2) is 0 Å². The molecule has 1 unspecified atom stereocenters. The normalized spacial score (nSPS) is 17.6. The minimum Gasteiger partial charge on any atom is -0.494 e. The lowest BCUT2D eigenvalue weighted by molar-refractivity contribution is 0.109. The molecule has 1 fully saturated rings. The first-order valence-corrected chi connectivity index (χ1v) is 7.40. The minimum atomic E-state index is -0.197. The van der Waals surface area contributed by atoms with E-state index in [2.05, 4.69) is 17.4 Å². The van der Waals surface area contributed by atoms with Crippen LogP contribution in [-0.4, -0.2) is 24.4 Å². The fraction of sp³-hybridized carbons (Fsp3) is 0.625. The molecule has 0 spiro atoms. The van der Waals surface area contributed by atoms with Gasteiger partial charge in [0.25, 0.3) is 0 Å². The molecule has 1 aliphatic carbocycles. The van der Waals surface area contributed by atoms with Crippen molar-refractivity contribution in [1.29, 1.82) is 0 Å². The summed E-state index contributed by atoms with van der Waals surface area (Å²) in [6.45, 7) is 4.15. The summed E-state index contributed by atoms with van der Waals surface area (Å²) in [6, 6.07) is 8.12. The molecule has 0 saturated heterocycles. The molecule has 0 bridgehead atoms. The van der Waals surface area contributed by atoms with Crippen LogP contribution in [0.5, 0.6) is 5.75 Å². The average molecular weight is 263 g/mol. The van der Waals surface area contributed by atoms with Gasteiger partial charge in [0.15, 0.2) is 0 Å². The fourth-order valence-corrected chi connectivity index (χ4v) is 2.79. The zero-order valence-corrected chi connectivity index (χ0v) is 11.8. The molecule has 0 amide bonds. The molecule has 106 valence electrons. The smallest absolute Gasteiger partial charge is 0.119 e. The van der Waals surface area contributed by atoms with Crippen molar-refractivity contribution in [2.24, 2.45) is 5.92 Å². The maximum atomic E-state index is 10.1. The van der Waals surface area contributed by atoms with Crippen LogP contribution in [0.1, 0.15) is 38.2 Å².